The van der Waals surface area contributed by atoms with E-state index in [1.54, 1.807) is 0 Å². The van der Waals surface area contributed by atoms with Gasteiger partial charge in [-0.25, -0.2) is 13.2 Å². The molecule has 38 heavy (non-hydrogen) atoms. The molecule has 2 saturated heterocycles. The van der Waals surface area contributed by atoms with E-state index in [9.17, 15) is 28.0 Å². The Kier molecular flexibility index (Phi) is 7.39. The first kappa shape index (κ1) is 26.2. The second kappa shape index (κ2) is 10.7. The molecule has 1 aliphatic carbocycles. The number of likely N-dealkylation sites (tertiary alicyclic amines) is 1. The number of nitrogens with one attached hydrogen (secondary N) is 1. The van der Waals surface area contributed by atoms with Gasteiger partial charge in [-0.1, -0.05) is 32.1 Å². The highest BCUT2D eigenvalue weighted by molar-refractivity contribution is 7.89. The lowest BCUT2D eigenvalue weighted by Gasteiger charge is -2.31. The molecule has 13 heteroatoms. The van der Waals surface area contributed by atoms with Crippen LogP contribution in [0.25, 0.3) is 0 Å². The van der Waals surface area contributed by atoms with Gasteiger partial charge in [0.1, 0.15) is 23.2 Å². The molecule has 2 amide bonds. The molecule has 3 aliphatic rings. The van der Waals surface area contributed by atoms with Gasteiger partial charge in [-0.15, -0.1) is 0 Å². The van der Waals surface area contributed by atoms with Crippen LogP contribution in [-0.2, 0) is 19.6 Å². The Morgan fingerprint density at radius 2 is 2.00 bits per heavy atom. The number of ether oxygens (including phenoxy) is 1. The summed E-state index contributed by atoms with van der Waals surface area (Å²) in [5.74, 6) is -0.400. The van der Waals surface area contributed by atoms with Crippen molar-refractivity contribution in [3.63, 3.8) is 0 Å². The number of aromatic nitrogens is 1. The van der Waals surface area contributed by atoms with Crippen LogP contribution in [0.1, 0.15) is 44.9 Å². The molecule has 3 unspecified atom stereocenters. The molecule has 0 radical (unpaired) electrons. The highest BCUT2D eigenvalue weighted by Gasteiger charge is 2.54. The lowest BCUT2D eigenvalue weighted by Crippen LogP contribution is -2.53. The number of nitrogens with zero attached hydrogens (tertiary/aromatic N) is 3. The number of amides is 2. The molecule has 0 bridgehead atoms. The summed E-state index contributed by atoms with van der Waals surface area (Å²) in [6.45, 7) is -0.222. The smallest absolute Gasteiger partial charge is 0.413 e. The number of fused-ring (bicyclic) bond motifs is 1. The highest BCUT2D eigenvalue weighted by atomic mass is 32.2. The van der Waals surface area contributed by atoms with Gasteiger partial charge in [0, 0.05) is 18.7 Å². The Balaban J connectivity index is 1.34. The van der Waals surface area contributed by atoms with E-state index in [-0.39, 0.29) is 29.5 Å². The van der Waals surface area contributed by atoms with Gasteiger partial charge in [-0.2, -0.15) is 9.04 Å². The van der Waals surface area contributed by atoms with Crippen LogP contribution < -0.4 is 14.8 Å². The van der Waals surface area contributed by atoms with Crippen molar-refractivity contribution in [3.8, 4) is 5.75 Å². The molecule has 204 valence electrons. The van der Waals surface area contributed by atoms with Gasteiger partial charge >= 0.3 is 6.09 Å². The third-order valence-corrected chi connectivity index (χ3v) is 9.46. The van der Waals surface area contributed by atoms with Crippen LogP contribution in [0.5, 0.6) is 5.75 Å². The minimum atomic E-state index is -4.13. The molecular weight excluding hydrogens is 516 g/mol. The van der Waals surface area contributed by atoms with Gasteiger partial charge in [-0.05, 0) is 24.8 Å². The number of ketones is 1. The average molecular weight is 547 g/mol. The summed E-state index contributed by atoms with van der Waals surface area (Å²) in [6.07, 6.45) is 9.70. The van der Waals surface area contributed by atoms with Crippen LogP contribution in [0.15, 0.2) is 52.4 Å². The Hall–Kier alpha value is -3.45. The first-order valence-corrected chi connectivity index (χ1v) is 14.2. The number of Topliss-reactive ketones (excluding diaryl/α,β-unsaturated/α-hetero) is 1. The largest absolute Gasteiger partial charge is 0.619 e. The maximum Gasteiger partial charge on any atom is 0.413 e. The minimum absolute atomic E-state index is 0.169. The summed E-state index contributed by atoms with van der Waals surface area (Å²) in [7, 11) is -4.13. The SMILES string of the molecule is O=C(NC(CC1CCCCC1)C(=O)N1CCC2C1C(=O)CN2S(=O)(=O)c1ccc[n+]([O-])c1)Oc1ccoc1. The van der Waals surface area contributed by atoms with E-state index in [2.05, 4.69) is 5.32 Å². The van der Waals surface area contributed by atoms with Gasteiger partial charge in [0.15, 0.2) is 23.9 Å². The van der Waals surface area contributed by atoms with E-state index in [0.717, 1.165) is 42.6 Å². The number of carbonyl (C=O) groups is 3. The quantitative estimate of drug-likeness (QED) is 0.406. The first-order chi connectivity index (χ1) is 18.2. The molecule has 2 aliphatic heterocycles. The fourth-order valence-electron chi connectivity index (χ4n) is 5.83. The monoisotopic (exact) mass is 546 g/mol. The molecular formula is C25H30N4O8S. The van der Waals surface area contributed by atoms with E-state index < -0.39 is 52.5 Å². The Bertz CT molecular complexity index is 1290. The third kappa shape index (κ3) is 5.25. The van der Waals surface area contributed by atoms with Crippen molar-refractivity contribution >= 4 is 27.8 Å². The first-order valence-electron chi connectivity index (χ1n) is 12.8. The van der Waals surface area contributed by atoms with Gasteiger partial charge in [0.2, 0.25) is 15.9 Å². The van der Waals surface area contributed by atoms with E-state index >= 15 is 0 Å². The third-order valence-electron chi connectivity index (χ3n) is 7.60. The molecule has 3 atom stereocenters. The van der Waals surface area contributed by atoms with E-state index in [4.69, 9.17) is 9.15 Å². The molecule has 12 nitrogen and oxygen atoms in total. The summed E-state index contributed by atoms with van der Waals surface area (Å²) >= 11 is 0. The molecule has 0 spiro atoms. The maximum atomic E-state index is 13.8. The number of furan rings is 1. The topological polar surface area (TPSA) is 153 Å². The Morgan fingerprint density at radius 1 is 1.21 bits per heavy atom. The van der Waals surface area contributed by atoms with Crippen molar-refractivity contribution in [1.82, 2.24) is 14.5 Å². The molecule has 0 aromatic carbocycles. The molecule has 3 fully saturated rings. The van der Waals surface area contributed by atoms with Crippen molar-refractivity contribution in [1.29, 1.82) is 0 Å². The summed E-state index contributed by atoms with van der Waals surface area (Å²) in [5, 5.41) is 14.3. The van der Waals surface area contributed by atoms with Crippen LogP contribution in [0.3, 0.4) is 0 Å². The van der Waals surface area contributed by atoms with E-state index in [1.807, 2.05) is 0 Å². The summed E-state index contributed by atoms with van der Waals surface area (Å²) < 4.78 is 38.2. The Labute approximate surface area is 220 Å². The second-order valence-electron chi connectivity index (χ2n) is 10.0. The maximum absolute atomic E-state index is 13.8. The number of rotatable bonds is 7. The number of hydrogen-bond acceptors (Lipinski definition) is 8. The summed E-state index contributed by atoms with van der Waals surface area (Å²) in [5.41, 5.74) is 0. The standard InChI is InChI=1S/C25H30N4O8S/c30-22-15-29(38(34,35)19-7-4-10-27(33)14-19)21-8-11-28(23(21)22)24(31)20(13-17-5-2-1-3-6-17)26-25(32)37-18-9-12-36-16-18/h4,7,9-10,12,14,16-17,20-21,23H,1-3,5-6,8,11,13,15H2,(H,26,32). The molecule has 1 N–H and O–H groups in total. The number of sulfonamides is 1. The second-order valence-corrected chi connectivity index (χ2v) is 11.9. The van der Waals surface area contributed by atoms with Crippen molar-refractivity contribution in [3.05, 3.63) is 48.3 Å². The molecule has 1 saturated carbocycles. The predicted molar refractivity (Wildman–Crippen MR) is 131 cm³/mol. The van der Waals surface area contributed by atoms with Crippen LogP contribution in [-0.4, -0.2) is 66.6 Å². The highest BCUT2D eigenvalue weighted by Crippen LogP contribution is 2.35. The fraction of sp³-hybridized carbons (Fsp3) is 0.520. The zero-order valence-electron chi connectivity index (χ0n) is 20.7. The van der Waals surface area contributed by atoms with Crippen LogP contribution in [0, 0.1) is 11.1 Å². The molecule has 4 heterocycles. The molecule has 2 aromatic heterocycles. The summed E-state index contributed by atoms with van der Waals surface area (Å²) in [4.78, 5) is 40.7. The van der Waals surface area contributed by atoms with E-state index in [1.165, 1.54) is 41.8 Å². The van der Waals surface area contributed by atoms with Crippen molar-refractivity contribution in [2.45, 2.75) is 68.0 Å². The lowest BCUT2D eigenvalue weighted by atomic mass is 9.84. The summed E-state index contributed by atoms with van der Waals surface area (Å²) in [6, 6.07) is 1.46. The van der Waals surface area contributed by atoms with Gasteiger partial charge in [-0.3, -0.25) is 9.59 Å². The van der Waals surface area contributed by atoms with Crippen molar-refractivity contribution in [2.24, 2.45) is 5.92 Å². The van der Waals surface area contributed by atoms with Crippen molar-refractivity contribution < 1.29 is 36.7 Å². The normalized spacial score (nSPS) is 23.3. The van der Waals surface area contributed by atoms with Gasteiger partial charge < -0.3 is 24.6 Å². The van der Waals surface area contributed by atoms with Crippen molar-refractivity contribution in [2.75, 3.05) is 13.1 Å². The zero-order chi connectivity index (χ0) is 26.9. The van der Waals surface area contributed by atoms with Crippen LogP contribution >= 0.6 is 0 Å². The molecule has 5 rings (SSSR count). The fourth-order valence-corrected chi connectivity index (χ4v) is 7.46. The predicted octanol–water partition coefficient (Wildman–Crippen LogP) is 1.58. The number of hydrogen-bond donors (Lipinski definition) is 1. The van der Waals surface area contributed by atoms with Gasteiger partial charge in [0.25, 0.3) is 0 Å². The number of pyridine rings is 1. The lowest BCUT2D eigenvalue weighted by molar-refractivity contribution is -0.607. The number of carbonyl (C=O) groups excluding carboxylic acids is 3. The van der Waals surface area contributed by atoms with Gasteiger partial charge in [0.05, 0.1) is 18.8 Å². The zero-order valence-corrected chi connectivity index (χ0v) is 21.5. The average Bonchev–Trinajstić information content (AvgIpc) is 3.63. The minimum Gasteiger partial charge on any atom is -0.619 e. The van der Waals surface area contributed by atoms with Crippen LogP contribution in [0.2, 0.25) is 0 Å². The van der Waals surface area contributed by atoms with Crippen LogP contribution in [0.4, 0.5) is 4.79 Å². The van der Waals surface area contributed by atoms with E-state index in [0.29, 0.717) is 11.2 Å². The molecule has 2 aromatic rings. The Morgan fingerprint density at radius 3 is 2.71 bits per heavy atom.